The largest absolute Gasteiger partial charge is 0.305 e. The molecule has 0 bridgehead atoms. The first-order chi connectivity index (χ1) is 8.41. The van der Waals surface area contributed by atoms with Gasteiger partial charge in [0.25, 0.3) is 0 Å². The molecule has 5 nitrogen and oxygen atoms in total. The number of likely N-dealkylation sites (N-methyl/N-ethyl adjacent to an activating group) is 1. The van der Waals surface area contributed by atoms with Crippen LogP contribution in [0.25, 0.3) is 0 Å². The number of aromatic nitrogens is 1. The highest BCUT2D eigenvalue weighted by Gasteiger charge is 2.33. The number of halogens is 1. The molecule has 0 aromatic carbocycles. The van der Waals surface area contributed by atoms with Gasteiger partial charge in [0.05, 0.1) is 0 Å². The first-order valence-corrected chi connectivity index (χ1v) is 7.91. The number of nitrogens with zero attached hydrogens (tertiary/aromatic N) is 3. The van der Waals surface area contributed by atoms with Crippen molar-refractivity contribution in [2.45, 2.75) is 17.4 Å². The van der Waals surface area contributed by atoms with E-state index >= 15 is 0 Å². The Balaban J connectivity index is 2.23. The topological polar surface area (TPSA) is 53.5 Å². The predicted octanol–water partition coefficient (Wildman–Crippen LogP) is 1.17. The molecule has 0 radical (unpaired) electrons. The Kier molecular flexibility index (Phi) is 4.05. The summed E-state index contributed by atoms with van der Waals surface area (Å²) in [5.41, 5.74) is 0. The van der Waals surface area contributed by atoms with Crippen LogP contribution in [0.4, 0.5) is 0 Å². The predicted molar refractivity (Wildman–Crippen MR) is 72.8 cm³/mol. The van der Waals surface area contributed by atoms with Crippen LogP contribution in [0.1, 0.15) is 6.42 Å². The molecule has 1 saturated heterocycles. The molecule has 0 aliphatic carbocycles. The summed E-state index contributed by atoms with van der Waals surface area (Å²) in [4.78, 5) is 6.22. The van der Waals surface area contributed by atoms with Gasteiger partial charge in [0.2, 0.25) is 10.0 Å². The average molecular weight is 334 g/mol. The minimum absolute atomic E-state index is 0.247. The van der Waals surface area contributed by atoms with Crippen LogP contribution in [0.2, 0.25) is 0 Å². The Morgan fingerprint density at radius 2 is 2.17 bits per heavy atom. The number of hydrogen-bond donors (Lipinski definition) is 0. The molecule has 100 valence electrons. The van der Waals surface area contributed by atoms with Crippen molar-refractivity contribution in [3.63, 3.8) is 0 Å². The molecule has 1 fully saturated rings. The van der Waals surface area contributed by atoms with E-state index in [9.17, 15) is 8.42 Å². The Bertz CT molecular complexity index is 533. The van der Waals surface area contributed by atoms with E-state index in [-0.39, 0.29) is 4.90 Å². The number of rotatable bonds is 3. The molecule has 7 heteroatoms. The van der Waals surface area contributed by atoms with E-state index in [4.69, 9.17) is 0 Å². The molecule has 0 N–H and O–H groups in total. The third-order valence-corrected chi connectivity index (χ3v) is 5.44. The van der Waals surface area contributed by atoms with E-state index in [0.29, 0.717) is 23.6 Å². The third-order valence-electron chi connectivity index (χ3n) is 3.17. The van der Waals surface area contributed by atoms with E-state index in [0.717, 1.165) is 6.42 Å². The summed E-state index contributed by atoms with van der Waals surface area (Å²) in [5, 5.41) is 0. The van der Waals surface area contributed by atoms with Crippen molar-refractivity contribution in [3.05, 3.63) is 22.9 Å². The molecule has 2 rings (SSSR count). The maximum Gasteiger partial charge on any atom is 0.244 e. The lowest BCUT2D eigenvalue weighted by Crippen LogP contribution is -2.34. The van der Waals surface area contributed by atoms with Gasteiger partial charge >= 0.3 is 0 Å². The van der Waals surface area contributed by atoms with Crippen molar-refractivity contribution >= 4 is 26.0 Å². The maximum absolute atomic E-state index is 12.4. The van der Waals surface area contributed by atoms with Crippen molar-refractivity contribution in [1.29, 1.82) is 0 Å². The van der Waals surface area contributed by atoms with Crippen molar-refractivity contribution in [2.75, 3.05) is 27.2 Å². The standard InChI is InChI=1S/C11H16BrN3O2S/c1-14(2)10-3-4-15(8-10)18(16,17)11-5-9(12)6-13-7-11/h5-7,10H,3-4,8H2,1-2H3. The van der Waals surface area contributed by atoms with Crippen molar-refractivity contribution < 1.29 is 8.42 Å². The van der Waals surface area contributed by atoms with Gasteiger partial charge in [-0.05, 0) is 42.5 Å². The van der Waals surface area contributed by atoms with Crippen molar-refractivity contribution in [2.24, 2.45) is 0 Å². The van der Waals surface area contributed by atoms with Crippen molar-refractivity contribution in [3.8, 4) is 0 Å². The zero-order valence-electron chi connectivity index (χ0n) is 10.4. The van der Waals surface area contributed by atoms with Gasteiger partial charge in [-0.25, -0.2) is 8.42 Å². The molecular weight excluding hydrogens is 318 g/mol. The van der Waals surface area contributed by atoms with E-state index in [1.807, 2.05) is 14.1 Å². The molecule has 18 heavy (non-hydrogen) atoms. The smallest absolute Gasteiger partial charge is 0.244 e. The maximum atomic E-state index is 12.4. The van der Waals surface area contributed by atoms with Crippen LogP contribution in [0.3, 0.4) is 0 Å². The lowest BCUT2D eigenvalue weighted by molar-refractivity contribution is 0.302. The third kappa shape index (κ3) is 2.74. The van der Waals surface area contributed by atoms with Crippen LogP contribution in [0.15, 0.2) is 27.8 Å². The summed E-state index contributed by atoms with van der Waals surface area (Å²) < 4.78 is 27.0. The van der Waals surface area contributed by atoms with Crippen LogP contribution in [-0.2, 0) is 10.0 Å². The molecule has 1 aromatic heterocycles. The van der Waals surface area contributed by atoms with Gasteiger partial charge in [-0.2, -0.15) is 4.31 Å². The number of sulfonamides is 1. The lowest BCUT2D eigenvalue weighted by Gasteiger charge is -2.20. The fourth-order valence-electron chi connectivity index (χ4n) is 2.03. The van der Waals surface area contributed by atoms with Gasteiger partial charge in [0.15, 0.2) is 0 Å². The molecule has 0 amide bonds. The van der Waals surface area contributed by atoms with Gasteiger partial charge in [0, 0.05) is 36.0 Å². The monoisotopic (exact) mass is 333 g/mol. The van der Waals surface area contributed by atoms with Gasteiger partial charge in [-0.15, -0.1) is 0 Å². The van der Waals surface area contributed by atoms with E-state index in [2.05, 4.69) is 25.8 Å². The molecule has 2 heterocycles. The fraction of sp³-hybridized carbons (Fsp3) is 0.545. The first-order valence-electron chi connectivity index (χ1n) is 5.68. The minimum atomic E-state index is -3.41. The van der Waals surface area contributed by atoms with Gasteiger partial charge in [-0.3, -0.25) is 4.98 Å². The summed E-state index contributed by atoms with van der Waals surface area (Å²) in [5.74, 6) is 0. The van der Waals surface area contributed by atoms with Crippen LogP contribution < -0.4 is 0 Å². The van der Waals surface area contributed by atoms with E-state index in [1.165, 1.54) is 10.5 Å². The summed E-state index contributed by atoms with van der Waals surface area (Å²) in [6.07, 6.45) is 3.84. The molecular formula is C11H16BrN3O2S. The molecule has 0 spiro atoms. The van der Waals surface area contributed by atoms with Gasteiger partial charge in [0.1, 0.15) is 4.90 Å². The highest BCUT2D eigenvalue weighted by Crippen LogP contribution is 2.23. The normalized spacial score (nSPS) is 21.7. The molecule has 1 aromatic rings. The number of pyridine rings is 1. The second-order valence-corrected chi connectivity index (χ2v) is 7.46. The summed E-state index contributed by atoms with van der Waals surface area (Å²) in [7, 11) is 0.534. The Hall–Kier alpha value is -0.500. The van der Waals surface area contributed by atoms with Crippen LogP contribution in [0, 0.1) is 0 Å². The summed E-state index contributed by atoms with van der Waals surface area (Å²) >= 11 is 3.24. The van der Waals surface area contributed by atoms with E-state index in [1.54, 1.807) is 12.3 Å². The zero-order valence-corrected chi connectivity index (χ0v) is 12.8. The van der Waals surface area contributed by atoms with Gasteiger partial charge in [-0.1, -0.05) is 0 Å². The molecule has 1 unspecified atom stereocenters. The second kappa shape index (κ2) is 5.24. The highest BCUT2D eigenvalue weighted by atomic mass is 79.9. The Labute approximate surface area is 116 Å². The first kappa shape index (κ1) is 13.9. The molecule has 1 aliphatic heterocycles. The summed E-state index contributed by atoms with van der Waals surface area (Å²) in [6, 6.07) is 1.88. The fourth-order valence-corrected chi connectivity index (χ4v) is 4.03. The van der Waals surface area contributed by atoms with Crippen LogP contribution in [0.5, 0.6) is 0 Å². The average Bonchev–Trinajstić information content (AvgIpc) is 2.79. The van der Waals surface area contributed by atoms with Crippen LogP contribution in [-0.4, -0.2) is 55.8 Å². The minimum Gasteiger partial charge on any atom is -0.305 e. The van der Waals surface area contributed by atoms with E-state index < -0.39 is 10.0 Å². The highest BCUT2D eigenvalue weighted by molar-refractivity contribution is 9.10. The SMILES string of the molecule is CN(C)C1CCN(S(=O)(=O)c2cncc(Br)c2)C1. The molecule has 1 aliphatic rings. The Morgan fingerprint density at radius 1 is 1.44 bits per heavy atom. The zero-order chi connectivity index (χ0) is 13.3. The summed E-state index contributed by atoms with van der Waals surface area (Å²) in [6.45, 7) is 1.11. The molecule has 1 atom stereocenters. The Morgan fingerprint density at radius 3 is 2.72 bits per heavy atom. The number of hydrogen-bond acceptors (Lipinski definition) is 4. The van der Waals surface area contributed by atoms with Crippen molar-refractivity contribution in [1.82, 2.24) is 14.2 Å². The lowest BCUT2D eigenvalue weighted by atomic mass is 10.2. The quantitative estimate of drug-likeness (QED) is 0.833. The van der Waals surface area contributed by atoms with Gasteiger partial charge < -0.3 is 4.90 Å². The second-order valence-electron chi connectivity index (χ2n) is 4.61. The molecule has 0 saturated carbocycles. The van der Waals surface area contributed by atoms with Crippen LogP contribution >= 0.6 is 15.9 Å².